The molecular formula is C12H18N4O2. The average Bonchev–Trinajstić information content (AvgIpc) is 2.79. The van der Waals surface area contributed by atoms with Gasteiger partial charge in [-0.25, -0.2) is 0 Å². The molecule has 2 unspecified atom stereocenters. The van der Waals surface area contributed by atoms with Crippen molar-refractivity contribution in [3.63, 3.8) is 0 Å². The summed E-state index contributed by atoms with van der Waals surface area (Å²) in [7, 11) is 1.75. The molecule has 1 aliphatic rings. The molecule has 1 aliphatic heterocycles. The van der Waals surface area contributed by atoms with Crippen LogP contribution in [0.15, 0.2) is 12.1 Å². The van der Waals surface area contributed by atoms with Crippen molar-refractivity contribution >= 4 is 11.7 Å². The highest BCUT2D eigenvalue weighted by atomic mass is 16.3. The van der Waals surface area contributed by atoms with Crippen molar-refractivity contribution in [1.29, 1.82) is 0 Å². The minimum atomic E-state index is -0.159. The van der Waals surface area contributed by atoms with Gasteiger partial charge in [0, 0.05) is 13.6 Å². The van der Waals surface area contributed by atoms with Crippen LogP contribution in [0, 0.1) is 5.92 Å². The van der Waals surface area contributed by atoms with E-state index in [1.807, 2.05) is 6.92 Å². The number of aliphatic hydroxyl groups excluding tert-OH is 1. The molecule has 2 rings (SSSR count). The zero-order chi connectivity index (χ0) is 13.1. The van der Waals surface area contributed by atoms with E-state index in [-0.39, 0.29) is 18.6 Å². The van der Waals surface area contributed by atoms with Crippen LogP contribution in [-0.2, 0) is 0 Å². The van der Waals surface area contributed by atoms with E-state index in [0.29, 0.717) is 24.0 Å². The van der Waals surface area contributed by atoms with Gasteiger partial charge in [-0.1, -0.05) is 6.92 Å². The molecule has 1 amide bonds. The van der Waals surface area contributed by atoms with Crippen molar-refractivity contribution < 1.29 is 9.90 Å². The Kier molecular flexibility index (Phi) is 3.76. The number of anilines is 1. The van der Waals surface area contributed by atoms with Crippen molar-refractivity contribution in [1.82, 2.24) is 15.1 Å². The van der Waals surface area contributed by atoms with E-state index >= 15 is 0 Å². The fourth-order valence-corrected chi connectivity index (χ4v) is 2.27. The molecule has 1 fully saturated rings. The molecule has 1 aromatic rings. The van der Waals surface area contributed by atoms with E-state index in [0.717, 1.165) is 6.42 Å². The smallest absolute Gasteiger partial charge is 0.274 e. The van der Waals surface area contributed by atoms with Crippen LogP contribution >= 0.6 is 0 Å². The summed E-state index contributed by atoms with van der Waals surface area (Å²) in [4.78, 5) is 13.9. The highest BCUT2D eigenvalue weighted by Crippen LogP contribution is 2.24. The maximum Gasteiger partial charge on any atom is 0.274 e. The number of aromatic nitrogens is 2. The lowest BCUT2D eigenvalue weighted by Crippen LogP contribution is -2.40. The van der Waals surface area contributed by atoms with Crippen molar-refractivity contribution in [3.8, 4) is 0 Å². The lowest BCUT2D eigenvalue weighted by Gasteiger charge is -2.24. The molecular weight excluding hydrogens is 232 g/mol. The molecule has 2 atom stereocenters. The first-order valence-electron chi connectivity index (χ1n) is 6.10. The molecule has 0 aliphatic carbocycles. The lowest BCUT2D eigenvalue weighted by molar-refractivity contribution is 0.0641. The van der Waals surface area contributed by atoms with Crippen LogP contribution in [0.3, 0.4) is 0 Å². The van der Waals surface area contributed by atoms with Crippen molar-refractivity contribution in [2.75, 3.05) is 25.5 Å². The lowest BCUT2D eigenvalue weighted by atomic mass is 10.0. The average molecular weight is 250 g/mol. The number of likely N-dealkylation sites (tertiary alicyclic amines) is 1. The third kappa shape index (κ3) is 2.28. The molecule has 0 spiro atoms. The Morgan fingerprint density at radius 1 is 1.56 bits per heavy atom. The minimum absolute atomic E-state index is 0.00503. The summed E-state index contributed by atoms with van der Waals surface area (Å²) >= 11 is 0. The summed E-state index contributed by atoms with van der Waals surface area (Å²) in [6, 6.07) is 3.26. The fourth-order valence-electron chi connectivity index (χ4n) is 2.27. The number of amides is 1. The fraction of sp³-hybridized carbons (Fsp3) is 0.583. The van der Waals surface area contributed by atoms with Gasteiger partial charge in [-0.3, -0.25) is 4.79 Å². The van der Waals surface area contributed by atoms with Crippen LogP contribution in [0.5, 0.6) is 0 Å². The van der Waals surface area contributed by atoms with Gasteiger partial charge in [0.1, 0.15) is 5.82 Å². The quantitative estimate of drug-likeness (QED) is 0.810. The molecule has 6 heteroatoms. The third-order valence-electron chi connectivity index (χ3n) is 3.47. The Morgan fingerprint density at radius 3 is 2.89 bits per heavy atom. The molecule has 0 saturated carbocycles. The molecule has 6 nitrogen and oxygen atoms in total. The number of hydrogen-bond donors (Lipinski definition) is 2. The number of aliphatic hydroxyl groups is 1. The topological polar surface area (TPSA) is 78.4 Å². The first-order chi connectivity index (χ1) is 8.67. The summed E-state index contributed by atoms with van der Waals surface area (Å²) in [5.74, 6) is 0.789. The Balaban J connectivity index is 2.15. The number of carbonyl (C=O) groups excluding carboxylic acids is 1. The third-order valence-corrected chi connectivity index (χ3v) is 3.47. The second kappa shape index (κ2) is 5.30. The largest absolute Gasteiger partial charge is 0.394 e. The molecule has 2 heterocycles. The van der Waals surface area contributed by atoms with E-state index in [1.165, 1.54) is 0 Å². The zero-order valence-corrected chi connectivity index (χ0v) is 10.6. The predicted molar refractivity (Wildman–Crippen MR) is 67.3 cm³/mol. The van der Waals surface area contributed by atoms with Crippen molar-refractivity contribution in [2.45, 2.75) is 19.4 Å². The molecule has 1 saturated heterocycles. The van der Waals surface area contributed by atoms with Crippen LogP contribution in [-0.4, -0.2) is 52.4 Å². The van der Waals surface area contributed by atoms with Gasteiger partial charge >= 0.3 is 0 Å². The Bertz CT molecular complexity index is 421. The van der Waals surface area contributed by atoms with Gasteiger partial charge in [-0.15, -0.1) is 10.2 Å². The molecule has 1 aromatic heterocycles. The van der Waals surface area contributed by atoms with Crippen molar-refractivity contribution in [3.05, 3.63) is 17.8 Å². The number of rotatable bonds is 3. The molecule has 18 heavy (non-hydrogen) atoms. The second-order valence-corrected chi connectivity index (χ2v) is 4.57. The maximum absolute atomic E-state index is 12.3. The minimum Gasteiger partial charge on any atom is -0.394 e. The van der Waals surface area contributed by atoms with Crippen LogP contribution in [0.1, 0.15) is 23.8 Å². The Hall–Kier alpha value is -1.69. The van der Waals surface area contributed by atoms with Crippen LogP contribution < -0.4 is 5.32 Å². The summed E-state index contributed by atoms with van der Waals surface area (Å²) in [6.07, 6.45) is 0.916. The van der Waals surface area contributed by atoms with Gasteiger partial charge in [0.05, 0.1) is 12.6 Å². The highest BCUT2D eigenvalue weighted by Gasteiger charge is 2.34. The number of nitrogens with zero attached hydrogens (tertiary/aromatic N) is 3. The van der Waals surface area contributed by atoms with Crippen LogP contribution in [0.2, 0.25) is 0 Å². The molecule has 0 radical (unpaired) electrons. The number of nitrogens with one attached hydrogen (secondary N) is 1. The van der Waals surface area contributed by atoms with Crippen LogP contribution in [0.4, 0.5) is 5.82 Å². The highest BCUT2D eigenvalue weighted by molar-refractivity contribution is 5.92. The SMILES string of the molecule is CNc1ccc(C(=O)N2CCC(C)C2CO)nn1. The van der Waals surface area contributed by atoms with Gasteiger partial charge in [-0.2, -0.15) is 0 Å². The molecule has 98 valence electrons. The molecule has 2 N–H and O–H groups in total. The summed E-state index contributed by atoms with van der Waals surface area (Å²) in [6.45, 7) is 2.71. The van der Waals surface area contributed by atoms with Crippen LogP contribution in [0.25, 0.3) is 0 Å². The normalized spacial score (nSPS) is 23.2. The van der Waals surface area contributed by atoms with Gasteiger partial charge in [0.15, 0.2) is 5.69 Å². The standard InChI is InChI=1S/C12H18N4O2/c1-8-5-6-16(10(8)7-17)12(18)9-3-4-11(13-2)15-14-9/h3-4,8,10,17H,5-7H2,1-2H3,(H,13,15). The predicted octanol–water partition coefficient (Wildman–Crippen LogP) is 0.361. The summed E-state index contributed by atoms with van der Waals surface area (Å²) in [5, 5.41) is 20.0. The van der Waals surface area contributed by atoms with E-state index in [1.54, 1.807) is 24.1 Å². The first-order valence-corrected chi connectivity index (χ1v) is 6.10. The number of carbonyl (C=O) groups is 1. The van der Waals surface area contributed by atoms with Gasteiger partial charge < -0.3 is 15.3 Å². The Labute approximate surface area is 106 Å². The number of hydrogen-bond acceptors (Lipinski definition) is 5. The molecule has 0 aromatic carbocycles. The Morgan fingerprint density at radius 2 is 2.33 bits per heavy atom. The van der Waals surface area contributed by atoms with Gasteiger partial charge in [-0.05, 0) is 24.5 Å². The zero-order valence-electron chi connectivity index (χ0n) is 10.6. The second-order valence-electron chi connectivity index (χ2n) is 4.57. The van der Waals surface area contributed by atoms with Gasteiger partial charge in [0.25, 0.3) is 5.91 Å². The van der Waals surface area contributed by atoms with E-state index in [9.17, 15) is 9.90 Å². The van der Waals surface area contributed by atoms with E-state index in [2.05, 4.69) is 15.5 Å². The van der Waals surface area contributed by atoms with E-state index in [4.69, 9.17) is 0 Å². The monoisotopic (exact) mass is 250 g/mol. The van der Waals surface area contributed by atoms with E-state index < -0.39 is 0 Å². The first kappa shape index (κ1) is 12.8. The van der Waals surface area contributed by atoms with Crippen molar-refractivity contribution in [2.24, 2.45) is 5.92 Å². The van der Waals surface area contributed by atoms with Gasteiger partial charge in [0.2, 0.25) is 0 Å². The maximum atomic E-state index is 12.3. The summed E-state index contributed by atoms with van der Waals surface area (Å²) < 4.78 is 0. The summed E-state index contributed by atoms with van der Waals surface area (Å²) in [5.41, 5.74) is 0.321. The molecule has 0 bridgehead atoms.